The third-order valence-electron chi connectivity index (χ3n) is 7.59. The molecule has 0 spiro atoms. The maximum absolute atomic E-state index is 14.3. The average Bonchev–Trinajstić information content (AvgIpc) is 3.65. The molecule has 1 aliphatic carbocycles. The van der Waals surface area contributed by atoms with Crippen LogP contribution in [0.2, 0.25) is 10.0 Å². The summed E-state index contributed by atoms with van der Waals surface area (Å²) in [6, 6.07) is 13.5. The lowest BCUT2D eigenvalue weighted by Crippen LogP contribution is -2.58. The van der Waals surface area contributed by atoms with Crippen molar-refractivity contribution in [2.45, 2.75) is 50.6 Å². The molecule has 10 heteroatoms. The lowest BCUT2D eigenvalue weighted by Gasteiger charge is -2.52. The van der Waals surface area contributed by atoms with Crippen molar-refractivity contribution in [3.63, 3.8) is 0 Å². The molecular formula is C27H32Cl2N2O5S. The van der Waals surface area contributed by atoms with Gasteiger partial charge in [0, 0.05) is 30.1 Å². The van der Waals surface area contributed by atoms with E-state index in [2.05, 4.69) is 0 Å². The second kappa shape index (κ2) is 10.6. The van der Waals surface area contributed by atoms with Gasteiger partial charge in [-0.25, -0.2) is 12.7 Å². The number of amides is 1. The van der Waals surface area contributed by atoms with Gasteiger partial charge < -0.3 is 10.0 Å². The molecule has 2 aliphatic rings. The molecule has 1 saturated carbocycles. The first-order valence-corrected chi connectivity index (χ1v) is 14.6. The number of hydrogen-bond donors (Lipinski definition) is 1. The van der Waals surface area contributed by atoms with E-state index in [9.17, 15) is 23.1 Å². The van der Waals surface area contributed by atoms with Gasteiger partial charge in [-0.05, 0) is 60.6 Å². The fraction of sp³-hybridized carbons (Fsp3) is 0.481. The fourth-order valence-corrected chi connectivity index (χ4v) is 7.02. The number of sulfonamides is 1. The predicted molar refractivity (Wildman–Crippen MR) is 144 cm³/mol. The summed E-state index contributed by atoms with van der Waals surface area (Å²) in [4.78, 5) is 27.9. The van der Waals surface area contributed by atoms with Crippen LogP contribution < -0.4 is 0 Å². The van der Waals surface area contributed by atoms with Gasteiger partial charge in [-0.15, -0.1) is 0 Å². The number of hydrogen-bond acceptors (Lipinski definition) is 4. The molecule has 1 aliphatic heterocycles. The fourth-order valence-electron chi connectivity index (χ4n) is 5.53. The van der Waals surface area contributed by atoms with Crippen LogP contribution in [0.4, 0.5) is 0 Å². The molecule has 2 fully saturated rings. The van der Waals surface area contributed by atoms with Gasteiger partial charge in [0.15, 0.2) is 0 Å². The summed E-state index contributed by atoms with van der Waals surface area (Å²) >= 11 is 12.6. The van der Waals surface area contributed by atoms with Gasteiger partial charge in [-0.1, -0.05) is 54.4 Å². The first kappa shape index (κ1) is 27.9. The molecule has 0 bridgehead atoms. The number of benzene rings is 2. The van der Waals surface area contributed by atoms with Crippen LogP contribution in [-0.2, 0) is 19.6 Å². The van der Waals surface area contributed by atoms with Crippen LogP contribution in [0.25, 0.3) is 0 Å². The molecule has 0 radical (unpaired) electrons. The highest BCUT2D eigenvalue weighted by Crippen LogP contribution is 2.54. The molecule has 2 aromatic rings. The molecule has 0 aromatic heterocycles. The standard InChI is InChI=1S/C27H32Cl2N2O5S/c1-27(15-24(32)33)14-22(19-5-4-6-21(29)13-19)25(18-9-11-20(28)12-10-18)31(26(27)34)23(17-7-8-17)16-37(35,36)30(2)3/h4-6,9-13,17,22-23,25H,7-8,14-16H2,1-3H3,(H,32,33)/t22?,23-,25-,27-/m1/s1. The zero-order chi connectivity index (χ0) is 27.1. The number of carboxylic acid groups (broad SMARTS) is 1. The van der Waals surface area contributed by atoms with E-state index in [-0.39, 0.29) is 36.3 Å². The summed E-state index contributed by atoms with van der Waals surface area (Å²) in [6.45, 7) is 1.68. The van der Waals surface area contributed by atoms with Crippen molar-refractivity contribution in [1.82, 2.24) is 9.21 Å². The maximum Gasteiger partial charge on any atom is 0.304 e. The van der Waals surface area contributed by atoms with Gasteiger partial charge >= 0.3 is 5.97 Å². The highest BCUT2D eigenvalue weighted by atomic mass is 35.5. The van der Waals surface area contributed by atoms with E-state index in [1.807, 2.05) is 30.3 Å². The highest BCUT2D eigenvalue weighted by Gasteiger charge is 2.55. The molecule has 200 valence electrons. The van der Waals surface area contributed by atoms with Crippen LogP contribution in [0.15, 0.2) is 48.5 Å². The van der Waals surface area contributed by atoms with Crippen LogP contribution in [0.5, 0.6) is 0 Å². The van der Waals surface area contributed by atoms with Crippen molar-refractivity contribution in [2.75, 3.05) is 19.8 Å². The van der Waals surface area contributed by atoms with Gasteiger partial charge in [-0.2, -0.15) is 0 Å². The van der Waals surface area contributed by atoms with Crippen LogP contribution in [0.1, 0.15) is 55.7 Å². The minimum Gasteiger partial charge on any atom is -0.481 e. The SMILES string of the molecule is CN(C)S(=O)(=O)C[C@H](C1CC1)N1C(=O)[C@@](C)(CC(=O)O)CC(c2cccc(Cl)c2)[C@H]1c1ccc(Cl)cc1. The third-order valence-corrected chi connectivity index (χ3v) is 9.96. The van der Waals surface area contributed by atoms with E-state index in [1.165, 1.54) is 18.4 Å². The summed E-state index contributed by atoms with van der Waals surface area (Å²) in [5.41, 5.74) is 0.455. The number of halogens is 2. The largest absolute Gasteiger partial charge is 0.481 e. The number of piperidine rings is 1. The second-order valence-electron chi connectivity index (χ2n) is 10.7. The Morgan fingerprint density at radius 2 is 1.76 bits per heavy atom. The van der Waals surface area contributed by atoms with Crippen LogP contribution >= 0.6 is 23.2 Å². The lowest BCUT2D eigenvalue weighted by molar-refractivity contribution is -0.160. The van der Waals surface area contributed by atoms with Crippen LogP contribution in [0, 0.1) is 11.3 Å². The molecule has 1 amide bonds. The van der Waals surface area contributed by atoms with Crippen LogP contribution in [-0.4, -0.2) is 60.5 Å². The quantitative estimate of drug-likeness (QED) is 0.450. The van der Waals surface area contributed by atoms with Crippen LogP contribution in [0.3, 0.4) is 0 Å². The Balaban J connectivity index is 1.93. The molecule has 1 heterocycles. The first-order chi connectivity index (χ1) is 17.3. The van der Waals surface area contributed by atoms with Gasteiger partial charge in [0.25, 0.3) is 0 Å². The minimum atomic E-state index is -3.66. The molecule has 1 unspecified atom stereocenters. The number of likely N-dealkylation sites (tertiary alicyclic amines) is 1. The highest BCUT2D eigenvalue weighted by molar-refractivity contribution is 7.89. The van der Waals surface area contributed by atoms with E-state index in [4.69, 9.17) is 23.2 Å². The van der Waals surface area contributed by atoms with E-state index in [0.29, 0.717) is 10.0 Å². The number of rotatable bonds is 9. The Morgan fingerprint density at radius 1 is 1.11 bits per heavy atom. The molecule has 37 heavy (non-hydrogen) atoms. The smallest absolute Gasteiger partial charge is 0.304 e. The van der Waals surface area contributed by atoms with E-state index >= 15 is 0 Å². The van der Waals surface area contributed by atoms with Crippen molar-refractivity contribution < 1.29 is 23.1 Å². The summed E-state index contributed by atoms with van der Waals surface area (Å²) in [5.74, 6) is -1.94. The molecule has 4 rings (SSSR count). The van der Waals surface area contributed by atoms with Crippen molar-refractivity contribution >= 4 is 45.1 Å². The van der Waals surface area contributed by atoms with Gasteiger partial charge in [0.2, 0.25) is 15.9 Å². The number of carbonyl (C=O) groups excluding carboxylic acids is 1. The van der Waals surface area contributed by atoms with Crippen molar-refractivity contribution in [2.24, 2.45) is 11.3 Å². The monoisotopic (exact) mass is 566 g/mol. The maximum atomic E-state index is 14.3. The second-order valence-corrected chi connectivity index (χ2v) is 13.8. The zero-order valence-electron chi connectivity index (χ0n) is 21.1. The van der Waals surface area contributed by atoms with Crippen molar-refractivity contribution in [1.29, 1.82) is 0 Å². The molecule has 1 N–H and O–H groups in total. The summed E-state index contributed by atoms with van der Waals surface area (Å²) < 4.78 is 27.4. The number of nitrogens with zero attached hydrogens (tertiary/aromatic N) is 2. The molecule has 4 atom stereocenters. The summed E-state index contributed by atoms with van der Waals surface area (Å²) in [5, 5.41) is 10.8. The normalized spacial score (nSPS) is 25.4. The van der Waals surface area contributed by atoms with E-state index in [1.54, 1.807) is 30.0 Å². The predicted octanol–water partition coefficient (Wildman–Crippen LogP) is 5.20. The van der Waals surface area contributed by atoms with Gasteiger partial charge in [-0.3, -0.25) is 9.59 Å². The summed E-state index contributed by atoms with van der Waals surface area (Å²) in [6.07, 6.45) is 1.54. The van der Waals surface area contributed by atoms with E-state index in [0.717, 1.165) is 24.0 Å². The summed E-state index contributed by atoms with van der Waals surface area (Å²) in [7, 11) is -0.689. The van der Waals surface area contributed by atoms with Crippen molar-refractivity contribution in [3.8, 4) is 0 Å². The number of carboxylic acids is 1. The Kier molecular flexibility index (Phi) is 7.96. The lowest BCUT2D eigenvalue weighted by atomic mass is 9.67. The number of aliphatic carboxylic acids is 1. The van der Waals surface area contributed by atoms with Gasteiger partial charge in [0.05, 0.1) is 29.7 Å². The van der Waals surface area contributed by atoms with E-state index < -0.39 is 33.5 Å². The first-order valence-electron chi connectivity index (χ1n) is 12.3. The molecule has 2 aromatic carbocycles. The molecule has 7 nitrogen and oxygen atoms in total. The topological polar surface area (TPSA) is 95.0 Å². The third kappa shape index (κ3) is 5.98. The molecule has 1 saturated heterocycles. The Hall–Kier alpha value is -2.13. The Bertz CT molecular complexity index is 1280. The molecular weight excluding hydrogens is 535 g/mol. The zero-order valence-corrected chi connectivity index (χ0v) is 23.4. The Labute approximate surface area is 228 Å². The van der Waals surface area contributed by atoms with Gasteiger partial charge in [0.1, 0.15) is 0 Å². The average molecular weight is 568 g/mol. The Morgan fingerprint density at radius 3 is 2.30 bits per heavy atom. The number of carbonyl (C=O) groups is 2. The minimum absolute atomic E-state index is 0.0145. The van der Waals surface area contributed by atoms with Crippen molar-refractivity contribution in [3.05, 3.63) is 69.7 Å².